The molecule has 3 heteroatoms. The molecule has 0 aliphatic rings. The molecular weight excluding hydrogens is 210 g/mol. The molecule has 0 bridgehead atoms. The van der Waals surface area contributed by atoms with Gasteiger partial charge in [0.05, 0.1) is 11.0 Å². The van der Waals surface area contributed by atoms with Crippen LogP contribution >= 0.6 is 0 Å². The van der Waals surface area contributed by atoms with Gasteiger partial charge in [-0.05, 0) is 30.4 Å². The standard InChI is InChI=1S/C14H21N3/c1-10-6-5-7-11-12(10)16-13(15)17(11)9-8-14(2,3)4/h5-7H,8-9H2,1-4H3,(H2,15,16). The van der Waals surface area contributed by atoms with Crippen LogP contribution in [0.5, 0.6) is 0 Å². The lowest BCUT2D eigenvalue weighted by molar-refractivity contribution is 0.354. The molecule has 2 N–H and O–H groups in total. The molecule has 92 valence electrons. The van der Waals surface area contributed by atoms with Gasteiger partial charge in [-0.1, -0.05) is 32.9 Å². The topological polar surface area (TPSA) is 43.8 Å². The second-order valence-electron chi connectivity index (χ2n) is 5.87. The van der Waals surface area contributed by atoms with E-state index >= 15 is 0 Å². The second-order valence-corrected chi connectivity index (χ2v) is 5.87. The molecule has 0 saturated carbocycles. The first-order chi connectivity index (χ1) is 7.88. The second kappa shape index (κ2) is 4.06. The summed E-state index contributed by atoms with van der Waals surface area (Å²) in [5, 5.41) is 0. The Hall–Kier alpha value is -1.51. The molecular formula is C14H21N3. The number of hydrogen-bond donors (Lipinski definition) is 1. The fraction of sp³-hybridized carbons (Fsp3) is 0.500. The van der Waals surface area contributed by atoms with Crippen LogP contribution in [0.3, 0.4) is 0 Å². The molecule has 0 amide bonds. The number of rotatable bonds is 2. The Morgan fingerprint density at radius 3 is 2.65 bits per heavy atom. The fourth-order valence-electron chi connectivity index (χ4n) is 1.99. The van der Waals surface area contributed by atoms with Gasteiger partial charge in [0.25, 0.3) is 0 Å². The molecule has 1 aromatic heterocycles. The van der Waals surface area contributed by atoms with Crippen molar-refractivity contribution in [2.24, 2.45) is 5.41 Å². The van der Waals surface area contributed by atoms with E-state index in [9.17, 15) is 0 Å². The molecule has 2 aromatic rings. The Labute approximate surface area is 103 Å². The highest BCUT2D eigenvalue weighted by Crippen LogP contribution is 2.25. The Morgan fingerprint density at radius 2 is 2.00 bits per heavy atom. The van der Waals surface area contributed by atoms with Crippen molar-refractivity contribution in [2.75, 3.05) is 5.73 Å². The van der Waals surface area contributed by atoms with Gasteiger partial charge in [0.1, 0.15) is 0 Å². The van der Waals surface area contributed by atoms with Crippen molar-refractivity contribution in [3.05, 3.63) is 23.8 Å². The number of anilines is 1. The average Bonchev–Trinajstić information content (AvgIpc) is 2.52. The Bertz CT molecular complexity index is 532. The van der Waals surface area contributed by atoms with Crippen LogP contribution < -0.4 is 5.73 Å². The number of nitrogen functional groups attached to an aromatic ring is 1. The first-order valence-corrected chi connectivity index (χ1v) is 6.10. The average molecular weight is 231 g/mol. The highest BCUT2D eigenvalue weighted by atomic mass is 15.1. The maximum Gasteiger partial charge on any atom is 0.201 e. The zero-order valence-electron chi connectivity index (χ0n) is 11.1. The van der Waals surface area contributed by atoms with Crippen LogP contribution in [-0.2, 0) is 6.54 Å². The zero-order valence-corrected chi connectivity index (χ0v) is 11.1. The molecule has 0 aliphatic carbocycles. The third-order valence-electron chi connectivity index (χ3n) is 3.10. The van der Waals surface area contributed by atoms with Crippen LogP contribution in [0, 0.1) is 12.3 Å². The number of aromatic nitrogens is 2. The highest BCUT2D eigenvalue weighted by molar-refractivity contribution is 5.81. The summed E-state index contributed by atoms with van der Waals surface area (Å²) in [5.74, 6) is 0.624. The number of aryl methyl sites for hydroxylation is 2. The van der Waals surface area contributed by atoms with Crippen molar-refractivity contribution >= 4 is 17.0 Å². The maximum absolute atomic E-state index is 6.00. The molecule has 0 atom stereocenters. The predicted molar refractivity (Wildman–Crippen MR) is 73.0 cm³/mol. The Balaban J connectivity index is 2.40. The van der Waals surface area contributed by atoms with Crippen molar-refractivity contribution in [1.82, 2.24) is 9.55 Å². The van der Waals surface area contributed by atoms with Gasteiger partial charge in [0.2, 0.25) is 5.95 Å². The summed E-state index contributed by atoms with van der Waals surface area (Å²) >= 11 is 0. The molecule has 0 spiro atoms. The molecule has 17 heavy (non-hydrogen) atoms. The van der Waals surface area contributed by atoms with Crippen molar-refractivity contribution in [3.63, 3.8) is 0 Å². The van der Waals surface area contributed by atoms with E-state index in [-0.39, 0.29) is 0 Å². The molecule has 0 saturated heterocycles. The van der Waals surface area contributed by atoms with E-state index in [1.54, 1.807) is 0 Å². The van der Waals surface area contributed by atoms with E-state index in [2.05, 4.69) is 55.4 Å². The van der Waals surface area contributed by atoms with Crippen LogP contribution in [0.2, 0.25) is 0 Å². The van der Waals surface area contributed by atoms with Gasteiger partial charge in [0, 0.05) is 6.54 Å². The van der Waals surface area contributed by atoms with Gasteiger partial charge >= 0.3 is 0 Å². The van der Waals surface area contributed by atoms with E-state index in [4.69, 9.17) is 5.73 Å². The first kappa shape index (κ1) is 12.0. The van der Waals surface area contributed by atoms with Gasteiger partial charge in [-0.25, -0.2) is 4.98 Å². The number of nitrogens with zero attached hydrogens (tertiary/aromatic N) is 2. The van der Waals surface area contributed by atoms with E-state index in [0.717, 1.165) is 24.0 Å². The molecule has 2 rings (SSSR count). The third kappa shape index (κ3) is 2.43. The molecule has 1 aromatic carbocycles. The highest BCUT2D eigenvalue weighted by Gasteiger charge is 2.14. The smallest absolute Gasteiger partial charge is 0.201 e. The molecule has 0 radical (unpaired) electrons. The minimum Gasteiger partial charge on any atom is -0.369 e. The van der Waals surface area contributed by atoms with Crippen molar-refractivity contribution in [2.45, 2.75) is 40.7 Å². The summed E-state index contributed by atoms with van der Waals surface area (Å²) in [6.45, 7) is 9.73. The predicted octanol–water partition coefficient (Wildman–Crippen LogP) is 3.36. The largest absolute Gasteiger partial charge is 0.369 e. The summed E-state index contributed by atoms with van der Waals surface area (Å²) in [5.41, 5.74) is 9.67. The maximum atomic E-state index is 6.00. The first-order valence-electron chi connectivity index (χ1n) is 6.10. The summed E-state index contributed by atoms with van der Waals surface area (Å²) < 4.78 is 2.12. The number of fused-ring (bicyclic) bond motifs is 1. The molecule has 0 unspecified atom stereocenters. The number of benzene rings is 1. The molecule has 0 fully saturated rings. The lowest BCUT2D eigenvalue weighted by atomic mass is 9.92. The van der Waals surface area contributed by atoms with Crippen molar-refractivity contribution in [3.8, 4) is 0 Å². The minimum atomic E-state index is 0.312. The normalized spacial score (nSPS) is 12.2. The third-order valence-corrected chi connectivity index (χ3v) is 3.10. The van der Waals surface area contributed by atoms with E-state index < -0.39 is 0 Å². The lowest BCUT2D eigenvalue weighted by Gasteiger charge is -2.18. The van der Waals surface area contributed by atoms with Crippen LogP contribution in [0.25, 0.3) is 11.0 Å². The molecule has 3 nitrogen and oxygen atoms in total. The SMILES string of the molecule is Cc1cccc2c1nc(N)n2CCC(C)(C)C. The monoisotopic (exact) mass is 231 g/mol. The van der Waals surface area contributed by atoms with E-state index in [1.165, 1.54) is 5.56 Å². The molecule has 0 aliphatic heterocycles. The quantitative estimate of drug-likeness (QED) is 0.861. The van der Waals surface area contributed by atoms with Gasteiger partial charge < -0.3 is 10.3 Å². The number of nitrogens with two attached hydrogens (primary N) is 1. The van der Waals surface area contributed by atoms with E-state index in [0.29, 0.717) is 11.4 Å². The minimum absolute atomic E-state index is 0.312. The fourth-order valence-corrected chi connectivity index (χ4v) is 1.99. The Kier molecular flexibility index (Phi) is 2.86. The van der Waals surface area contributed by atoms with Gasteiger partial charge in [-0.3, -0.25) is 0 Å². The lowest BCUT2D eigenvalue weighted by Crippen LogP contribution is -2.12. The summed E-state index contributed by atoms with van der Waals surface area (Å²) in [7, 11) is 0. The van der Waals surface area contributed by atoms with Crippen LogP contribution in [0.1, 0.15) is 32.8 Å². The molecule has 1 heterocycles. The van der Waals surface area contributed by atoms with Gasteiger partial charge in [-0.15, -0.1) is 0 Å². The van der Waals surface area contributed by atoms with Crippen LogP contribution in [0.4, 0.5) is 5.95 Å². The summed E-state index contributed by atoms with van der Waals surface area (Å²) in [4.78, 5) is 4.45. The van der Waals surface area contributed by atoms with Crippen LogP contribution in [-0.4, -0.2) is 9.55 Å². The van der Waals surface area contributed by atoms with Crippen molar-refractivity contribution in [1.29, 1.82) is 0 Å². The number of para-hydroxylation sites is 1. The van der Waals surface area contributed by atoms with Crippen molar-refractivity contribution < 1.29 is 0 Å². The number of hydrogen-bond acceptors (Lipinski definition) is 2. The van der Waals surface area contributed by atoms with E-state index in [1.807, 2.05) is 0 Å². The van der Waals surface area contributed by atoms with Gasteiger partial charge in [-0.2, -0.15) is 0 Å². The van der Waals surface area contributed by atoms with Gasteiger partial charge in [0.15, 0.2) is 0 Å². The van der Waals surface area contributed by atoms with Crippen LogP contribution in [0.15, 0.2) is 18.2 Å². The summed E-state index contributed by atoms with van der Waals surface area (Å²) in [6, 6.07) is 6.23. The summed E-state index contributed by atoms with van der Waals surface area (Å²) in [6.07, 6.45) is 1.09. The number of imidazole rings is 1. The Morgan fingerprint density at radius 1 is 1.29 bits per heavy atom. The zero-order chi connectivity index (χ0) is 12.6.